The Kier molecular flexibility index (Phi) is 6.59. The minimum Gasteiger partial charge on any atom is -0.394 e. The van der Waals surface area contributed by atoms with Crippen molar-refractivity contribution in [3.05, 3.63) is 48.7 Å². The molecular weight excluding hydrogens is 454 g/mol. The van der Waals surface area contributed by atoms with Gasteiger partial charge in [-0.1, -0.05) is 18.2 Å². The van der Waals surface area contributed by atoms with Gasteiger partial charge in [0, 0.05) is 36.6 Å². The number of anilines is 1. The minimum atomic E-state index is -1.24. The Morgan fingerprint density at radius 2 is 2.00 bits per heavy atom. The summed E-state index contributed by atoms with van der Waals surface area (Å²) in [6, 6.07) is 8.01. The second kappa shape index (κ2) is 9.96. The van der Waals surface area contributed by atoms with E-state index in [0.717, 1.165) is 16.5 Å². The normalized spacial score (nSPS) is 22.1. The zero-order valence-electron chi connectivity index (χ0n) is 18.8. The molecule has 0 saturated carbocycles. The number of hydrogen-bond donors (Lipinski definition) is 6. The van der Waals surface area contributed by atoms with Gasteiger partial charge in [-0.25, -0.2) is 15.0 Å². The Hall–Kier alpha value is -3.58. The highest BCUT2D eigenvalue weighted by molar-refractivity contribution is 5.84. The van der Waals surface area contributed by atoms with Gasteiger partial charge in [0.1, 0.15) is 24.6 Å². The molecule has 5 rings (SSSR count). The number of aromatic nitrogens is 5. The van der Waals surface area contributed by atoms with Gasteiger partial charge in [-0.05, 0) is 18.1 Å². The Labute approximate surface area is 200 Å². The highest BCUT2D eigenvalue weighted by atomic mass is 16.6. The third kappa shape index (κ3) is 4.56. The van der Waals surface area contributed by atoms with Crippen molar-refractivity contribution in [2.75, 3.05) is 25.0 Å². The molecule has 0 radical (unpaired) electrons. The van der Waals surface area contributed by atoms with Crippen molar-refractivity contribution < 1.29 is 24.9 Å². The van der Waals surface area contributed by atoms with E-state index in [9.17, 15) is 20.1 Å². The number of fused-ring (bicyclic) bond motifs is 2. The number of ether oxygens (including phenoxy) is 1. The van der Waals surface area contributed by atoms with E-state index in [-0.39, 0.29) is 5.91 Å². The van der Waals surface area contributed by atoms with Gasteiger partial charge in [0.25, 0.3) is 0 Å². The highest BCUT2D eigenvalue weighted by Crippen LogP contribution is 2.32. The van der Waals surface area contributed by atoms with Crippen molar-refractivity contribution in [2.45, 2.75) is 37.4 Å². The molecule has 1 saturated heterocycles. The second-order valence-corrected chi connectivity index (χ2v) is 8.41. The van der Waals surface area contributed by atoms with E-state index in [2.05, 4.69) is 30.6 Å². The number of nitrogens with zero attached hydrogens (tertiary/aromatic N) is 4. The van der Waals surface area contributed by atoms with Crippen LogP contribution in [0.25, 0.3) is 22.1 Å². The van der Waals surface area contributed by atoms with Crippen molar-refractivity contribution in [2.24, 2.45) is 0 Å². The molecule has 1 aliphatic rings. The molecule has 12 heteroatoms. The summed E-state index contributed by atoms with van der Waals surface area (Å²) in [6.07, 6.45) is 1.47. The standard InChI is InChI=1S/C23H27N7O5/c31-10-16-19(33)20(34)23(35-16)30-12-29-18-21(27-11-28-22(18)30)25-8-7-24-17(32)6-5-13-9-26-15-4-2-1-3-14(13)15/h1-4,9,11-12,16,19-20,23,26,31,33-34H,5-8,10H2,(H,24,32)(H,25,27,28)/t16-,19-,20-,23-/m1/s1. The average molecular weight is 482 g/mol. The smallest absolute Gasteiger partial charge is 0.220 e. The number of benzene rings is 1. The SMILES string of the molecule is O=C(CCc1c[nH]c2ccccc12)NCCNc1ncnc2c1ncn2[C@@H]1O[C@H](CO)[C@@H](O)[C@H]1O. The topological polar surface area (TPSA) is 170 Å². The summed E-state index contributed by atoms with van der Waals surface area (Å²) in [5.74, 6) is 0.423. The zero-order valence-corrected chi connectivity index (χ0v) is 18.8. The first-order valence-corrected chi connectivity index (χ1v) is 11.4. The van der Waals surface area contributed by atoms with Crippen LogP contribution in [0.4, 0.5) is 5.82 Å². The fourth-order valence-electron chi connectivity index (χ4n) is 4.34. The maximum Gasteiger partial charge on any atom is 0.220 e. The van der Waals surface area contributed by atoms with Crippen LogP contribution < -0.4 is 10.6 Å². The van der Waals surface area contributed by atoms with Gasteiger partial charge in [0.2, 0.25) is 5.91 Å². The number of carbonyl (C=O) groups excluding carboxylic acids is 1. The number of carbonyl (C=O) groups is 1. The van der Waals surface area contributed by atoms with Crippen LogP contribution in [0.1, 0.15) is 18.2 Å². The largest absolute Gasteiger partial charge is 0.394 e. The van der Waals surface area contributed by atoms with Crippen LogP contribution in [0, 0.1) is 0 Å². The number of nitrogens with one attached hydrogen (secondary N) is 3. The third-order valence-electron chi connectivity index (χ3n) is 6.19. The Balaban J connectivity index is 1.15. The number of aromatic amines is 1. The Morgan fingerprint density at radius 1 is 1.14 bits per heavy atom. The first kappa shape index (κ1) is 23.2. The van der Waals surface area contributed by atoms with Crippen LogP contribution in [0.15, 0.2) is 43.1 Å². The first-order valence-electron chi connectivity index (χ1n) is 11.4. The lowest BCUT2D eigenvalue weighted by Gasteiger charge is -2.16. The quantitative estimate of drug-likeness (QED) is 0.181. The van der Waals surface area contributed by atoms with Crippen molar-refractivity contribution in [1.82, 2.24) is 29.8 Å². The first-order chi connectivity index (χ1) is 17.1. The maximum absolute atomic E-state index is 12.3. The average Bonchev–Trinajstić information content (AvgIpc) is 3.57. The molecule has 6 N–H and O–H groups in total. The Bertz CT molecular complexity index is 1320. The number of H-pyrrole nitrogens is 1. The lowest BCUT2D eigenvalue weighted by atomic mass is 10.1. The summed E-state index contributed by atoms with van der Waals surface area (Å²) in [5.41, 5.74) is 3.03. The van der Waals surface area contributed by atoms with Crippen LogP contribution in [0.5, 0.6) is 0 Å². The number of imidazole rings is 1. The van der Waals surface area contributed by atoms with Crippen LogP contribution in [-0.4, -0.2) is 83.7 Å². The number of amides is 1. The highest BCUT2D eigenvalue weighted by Gasteiger charge is 2.44. The van der Waals surface area contributed by atoms with E-state index in [1.54, 1.807) is 0 Å². The molecule has 12 nitrogen and oxygen atoms in total. The summed E-state index contributed by atoms with van der Waals surface area (Å²) < 4.78 is 7.07. The van der Waals surface area contributed by atoms with Crippen molar-refractivity contribution >= 4 is 33.8 Å². The summed E-state index contributed by atoms with van der Waals surface area (Å²) in [6.45, 7) is 0.399. The molecule has 0 aliphatic carbocycles. The lowest BCUT2D eigenvalue weighted by Crippen LogP contribution is -2.33. The molecule has 35 heavy (non-hydrogen) atoms. The number of aliphatic hydroxyl groups is 3. The van der Waals surface area contributed by atoms with Gasteiger partial charge in [0.15, 0.2) is 23.2 Å². The molecular formula is C23H27N7O5. The van der Waals surface area contributed by atoms with Gasteiger partial charge in [-0.3, -0.25) is 9.36 Å². The number of rotatable bonds is 9. The third-order valence-corrected chi connectivity index (χ3v) is 6.19. The van der Waals surface area contributed by atoms with Crippen molar-refractivity contribution in [1.29, 1.82) is 0 Å². The van der Waals surface area contributed by atoms with Gasteiger partial charge in [-0.15, -0.1) is 0 Å². The molecule has 0 bridgehead atoms. The van der Waals surface area contributed by atoms with Gasteiger partial charge in [-0.2, -0.15) is 0 Å². The summed E-state index contributed by atoms with van der Waals surface area (Å²) >= 11 is 0. The molecule has 3 aromatic heterocycles. The minimum absolute atomic E-state index is 0.0430. The van der Waals surface area contributed by atoms with E-state index in [1.165, 1.54) is 17.2 Å². The molecule has 4 atom stereocenters. The van der Waals surface area contributed by atoms with E-state index in [4.69, 9.17) is 4.74 Å². The van der Waals surface area contributed by atoms with Crippen LogP contribution in [-0.2, 0) is 16.0 Å². The number of aliphatic hydroxyl groups excluding tert-OH is 3. The molecule has 0 unspecified atom stereocenters. The van der Waals surface area contributed by atoms with Crippen LogP contribution >= 0.6 is 0 Å². The Morgan fingerprint density at radius 3 is 2.83 bits per heavy atom. The molecule has 1 aromatic carbocycles. The molecule has 1 fully saturated rings. The predicted molar refractivity (Wildman–Crippen MR) is 126 cm³/mol. The van der Waals surface area contributed by atoms with E-state index >= 15 is 0 Å². The van der Waals surface area contributed by atoms with E-state index in [1.807, 2.05) is 30.5 Å². The van der Waals surface area contributed by atoms with Gasteiger partial charge < -0.3 is 35.7 Å². The fraction of sp³-hybridized carbons (Fsp3) is 0.391. The van der Waals surface area contributed by atoms with Crippen LogP contribution in [0.2, 0.25) is 0 Å². The predicted octanol–water partition coefficient (Wildman–Crippen LogP) is 0.0800. The summed E-state index contributed by atoms with van der Waals surface area (Å²) in [7, 11) is 0. The maximum atomic E-state index is 12.3. The summed E-state index contributed by atoms with van der Waals surface area (Å²) in [5, 5.41) is 36.8. The van der Waals surface area contributed by atoms with Crippen molar-refractivity contribution in [3.8, 4) is 0 Å². The second-order valence-electron chi connectivity index (χ2n) is 8.41. The molecule has 4 aromatic rings. The fourth-order valence-corrected chi connectivity index (χ4v) is 4.34. The molecule has 0 spiro atoms. The monoisotopic (exact) mass is 481 g/mol. The molecule has 1 amide bonds. The van der Waals surface area contributed by atoms with E-state index < -0.39 is 31.1 Å². The number of hydrogen-bond acceptors (Lipinski definition) is 9. The van der Waals surface area contributed by atoms with Gasteiger partial charge >= 0.3 is 0 Å². The lowest BCUT2D eigenvalue weighted by molar-refractivity contribution is -0.120. The van der Waals surface area contributed by atoms with E-state index in [0.29, 0.717) is 42.9 Å². The number of para-hydroxylation sites is 1. The molecule has 184 valence electrons. The summed E-state index contributed by atoms with van der Waals surface area (Å²) in [4.78, 5) is 28.3. The zero-order chi connectivity index (χ0) is 24.4. The van der Waals surface area contributed by atoms with Crippen LogP contribution in [0.3, 0.4) is 0 Å². The van der Waals surface area contributed by atoms with Gasteiger partial charge in [0.05, 0.1) is 12.9 Å². The van der Waals surface area contributed by atoms with Crippen molar-refractivity contribution in [3.63, 3.8) is 0 Å². The number of aryl methyl sites for hydroxylation is 1. The molecule has 1 aliphatic heterocycles. The molecule has 4 heterocycles.